The largest absolute Gasteiger partial charge is 0.401 e. The number of hydrogen-bond acceptors (Lipinski definition) is 4. The summed E-state index contributed by atoms with van der Waals surface area (Å²) in [5.41, 5.74) is 2.79. The van der Waals surface area contributed by atoms with E-state index in [2.05, 4.69) is 9.97 Å². The molecule has 2 aliphatic heterocycles. The van der Waals surface area contributed by atoms with Gasteiger partial charge in [-0.1, -0.05) is 18.2 Å². The minimum Gasteiger partial charge on any atom is -0.356 e. The number of fused-ring (bicyclic) bond motifs is 3. The molecule has 1 aromatic carbocycles. The average molecular weight is 499 g/mol. The predicted molar refractivity (Wildman–Crippen MR) is 122 cm³/mol. The highest BCUT2D eigenvalue weighted by molar-refractivity contribution is 7.11. The third-order valence-electron chi connectivity index (χ3n) is 6.87. The normalized spacial score (nSPS) is 22.4. The van der Waals surface area contributed by atoms with Crippen molar-refractivity contribution >= 4 is 22.2 Å². The summed E-state index contributed by atoms with van der Waals surface area (Å²) in [7, 11) is 0. The number of aromatic amines is 1. The van der Waals surface area contributed by atoms with E-state index in [9.17, 15) is 22.0 Å². The van der Waals surface area contributed by atoms with E-state index >= 15 is 0 Å². The molecule has 0 spiro atoms. The molecule has 0 bridgehead atoms. The van der Waals surface area contributed by atoms with Gasteiger partial charge in [-0.3, -0.25) is 4.90 Å². The topological polar surface area (TPSA) is 35.2 Å². The number of halogens is 5. The summed E-state index contributed by atoms with van der Waals surface area (Å²) < 4.78 is 65.4. The highest BCUT2D eigenvalue weighted by atomic mass is 32.1. The van der Waals surface area contributed by atoms with Crippen molar-refractivity contribution in [2.75, 3.05) is 26.2 Å². The van der Waals surface area contributed by atoms with Crippen LogP contribution in [-0.2, 0) is 12.8 Å². The number of benzene rings is 1. The lowest BCUT2D eigenvalue weighted by Crippen LogP contribution is -2.48. The lowest BCUT2D eigenvalue weighted by atomic mass is 9.92. The molecule has 5 rings (SSSR count). The van der Waals surface area contributed by atoms with Crippen molar-refractivity contribution in [1.82, 2.24) is 19.8 Å². The number of rotatable bonds is 7. The molecule has 184 valence electrons. The molecule has 2 aliphatic rings. The summed E-state index contributed by atoms with van der Waals surface area (Å²) in [5, 5.41) is 1.71. The zero-order valence-corrected chi connectivity index (χ0v) is 19.6. The van der Waals surface area contributed by atoms with Crippen LogP contribution < -0.4 is 0 Å². The SMILES string of the molecule is C[C@@H]1Cc2c([nH]c3ccccc23)[C@@H](c2ncc(CC3CN(CCC(F)F)C3)s2)N1CC(F)(F)F. The fourth-order valence-electron chi connectivity index (χ4n) is 5.32. The molecule has 1 fully saturated rings. The van der Waals surface area contributed by atoms with Gasteiger partial charge in [0.25, 0.3) is 0 Å². The van der Waals surface area contributed by atoms with Gasteiger partial charge in [0.1, 0.15) is 11.0 Å². The number of nitrogens with zero attached hydrogens (tertiary/aromatic N) is 3. The molecule has 4 nitrogen and oxygen atoms in total. The first-order chi connectivity index (χ1) is 16.2. The van der Waals surface area contributed by atoms with Gasteiger partial charge in [0.15, 0.2) is 0 Å². The summed E-state index contributed by atoms with van der Waals surface area (Å²) in [6.07, 6.45) is -3.63. The number of thiazole rings is 1. The molecule has 0 unspecified atom stereocenters. The Balaban J connectivity index is 1.39. The molecule has 2 atom stereocenters. The summed E-state index contributed by atoms with van der Waals surface area (Å²) in [6, 6.07) is 6.95. The molecule has 0 radical (unpaired) electrons. The average Bonchev–Trinajstić information content (AvgIpc) is 3.33. The second-order valence-corrected chi connectivity index (χ2v) is 10.6. The summed E-state index contributed by atoms with van der Waals surface area (Å²) >= 11 is 1.46. The maximum Gasteiger partial charge on any atom is 0.401 e. The molecule has 1 N–H and O–H groups in total. The van der Waals surface area contributed by atoms with Crippen LogP contribution in [-0.4, -0.2) is 64.6 Å². The Morgan fingerprint density at radius 3 is 2.71 bits per heavy atom. The molecule has 0 aliphatic carbocycles. The number of para-hydroxylation sites is 1. The van der Waals surface area contributed by atoms with Gasteiger partial charge < -0.3 is 9.88 Å². The number of likely N-dealkylation sites (tertiary alicyclic amines) is 1. The smallest absolute Gasteiger partial charge is 0.356 e. The van der Waals surface area contributed by atoms with Gasteiger partial charge in [-0.2, -0.15) is 13.2 Å². The number of hydrogen-bond donors (Lipinski definition) is 1. The predicted octanol–water partition coefficient (Wildman–Crippen LogP) is 5.65. The first kappa shape index (κ1) is 23.7. The quantitative estimate of drug-likeness (QED) is 0.428. The third kappa shape index (κ3) is 4.85. The van der Waals surface area contributed by atoms with E-state index in [-0.39, 0.29) is 12.5 Å². The maximum atomic E-state index is 13.5. The number of H-pyrrole nitrogens is 1. The lowest BCUT2D eigenvalue weighted by Gasteiger charge is -2.40. The van der Waals surface area contributed by atoms with Crippen LogP contribution in [0.2, 0.25) is 0 Å². The second kappa shape index (κ2) is 9.20. The Kier molecular flexibility index (Phi) is 6.41. The number of alkyl halides is 5. The number of aromatic nitrogens is 2. The highest BCUT2D eigenvalue weighted by Gasteiger charge is 2.43. The lowest BCUT2D eigenvalue weighted by molar-refractivity contribution is -0.155. The molecule has 1 saturated heterocycles. The van der Waals surface area contributed by atoms with Crippen LogP contribution in [0.3, 0.4) is 0 Å². The van der Waals surface area contributed by atoms with E-state index in [1.807, 2.05) is 36.1 Å². The second-order valence-electron chi connectivity index (χ2n) is 9.48. The van der Waals surface area contributed by atoms with Crippen LogP contribution in [0.1, 0.15) is 40.5 Å². The molecule has 2 aromatic heterocycles. The minimum atomic E-state index is -4.32. The van der Waals surface area contributed by atoms with Crippen LogP contribution in [0.5, 0.6) is 0 Å². The van der Waals surface area contributed by atoms with Crippen molar-refractivity contribution in [2.45, 2.75) is 50.9 Å². The Hall–Kier alpha value is -2.04. The first-order valence-electron chi connectivity index (χ1n) is 11.5. The number of nitrogens with one attached hydrogen (secondary N) is 1. The third-order valence-corrected chi connectivity index (χ3v) is 7.94. The zero-order valence-electron chi connectivity index (χ0n) is 18.8. The molecule has 4 heterocycles. The highest BCUT2D eigenvalue weighted by Crippen LogP contribution is 2.43. The van der Waals surface area contributed by atoms with Gasteiger partial charge in [-0.25, -0.2) is 13.8 Å². The van der Waals surface area contributed by atoms with Crippen molar-refractivity contribution < 1.29 is 22.0 Å². The van der Waals surface area contributed by atoms with E-state index in [4.69, 9.17) is 0 Å². The minimum absolute atomic E-state index is 0.112. The zero-order chi connectivity index (χ0) is 24.0. The maximum absolute atomic E-state index is 13.5. The molecule has 34 heavy (non-hydrogen) atoms. The van der Waals surface area contributed by atoms with Gasteiger partial charge in [0, 0.05) is 59.8 Å². The molecular weight excluding hydrogens is 471 g/mol. The van der Waals surface area contributed by atoms with Gasteiger partial charge in [0.2, 0.25) is 6.43 Å². The van der Waals surface area contributed by atoms with Crippen LogP contribution >= 0.6 is 11.3 Å². The fraction of sp³-hybridized carbons (Fsp3) is 0.542. The van der Waals surface area contributed by atoms with Crippen molar-refractivity contribution in [3.63, 3.8) is 0 Å². The molecule has 0 saturated carbocycles. The van der Waals surface area contributed by atoms with Crippen molar-refractivity contribution in [3.05, 3.63) is 51.6 Å². The van der Waals surface area contributed by atoms with E-state index in [0.717, 1.165) is 46.5 Å². The van der Waals surface area contributed by atoms with E-state index < -0.39 is 25.2 Å². The summed E-state index contributed by atoms with van der Waals surface area (Å²) in [5.74, 6) is 0.367. The van der Waals surface area contributed by atoms with Crippen molar-refractivity contribution in [1.29, 1.82) is 0 Å². The fourth-order valence-corrected chi connectivity index (χ4v) is 6.49. The van der Waals surface area contributed by atoms with Crippen molar-refractivity contribution in [3.8, 4) is 0 Å². The Bertz CT molecular complexity index is 1130. The van der Waals surface area contributed by atoms with E-state index in [1.165, 1.54) is 16.2 Å². The van der Waals surface area contributed by atoms with Crippen LogP contribution in [0.15, 0.2) is 30.5 Å². The van der Waals surface area contributed by atoms with Crippen LogP contribution in [0, 0.1) is 5.92 Å². The van der Waals surface area contributed by atoms with Gasteiger partial charge >= 0.3 is 6.18 Å². The monoisotopic (exact) mass is 498 g/mol. The Morgan fingerprint density at radius 1 is 1.21 bits per heavy atom. The van der Waals surface area contributed by atoms with Gasteiger partial charge in [0.05, 0.1) is 6.54 Å². The van der Waals surface area contributed by atoms with Gasteiger partial charge in [-0.15, -0.1) is 11.3 Å². The Labute approximate surface area is 198 Å². The van der Waals surface area contributed by atoms with E-state index in [0.29, 0.717) is 23.9 Å². The van der Waals surface area contributed by atoms with E-state index in [1.54, 1.807) is 6.20 Å². The molecule has 0 amide bonds. The standard InChI is InChI=1S/C24H27F5N4S/c1-14-8-18-17-4-2-3-5-19(17)31-21(18)22(33(14)13-24(27,28)29)23-30-10-16(34-23)9-15-11-32(12-15)7-6-20(25)26/h2-5,10,14-15,20,22,31H,6-9,11-13H2,1H3/t14-,22+/m1/s1. The molecule has 3 aromatic rings. The Morgan fingerprint density at radius 2 is 1.97 bits per heavy atom. The summed E-state index contributed by atoms with van der Waals surface area (Å²) in [6.45, 7) is 2.79. The van der Waals surface area contributed by atoms with Crippen molar-refractivity contribution in [2.24, 2.45) is 5.92 Å². The molecule has 10 heteroatoms. The molecular formula is C24H27F5N4S. The van der Waals surface area contributed by atoms with Crippen LogP contribution in [0.4, 0.5) is 22.0 Å². The van der Waals surface area contributed by atoms with Gasteiger partial charge in [-0.05, 0) is 37.3 Å². The summed E-state index contributed by atoms with van der Waals surface area (Å²) in [4.78, 5) is 12.5. The first-order valence-corrected chi connectivity index (χ1v) is 12.4. The van der Waals surface area contributed by atoms with Crippen LogP contribution in [0.25, 0.3) is 10.9 Å².